The molecule has 3 N–H and O–H groups in total. The summed E-state index contributed by atoms with van der Waals surface area (Å²) in [6, 6.07) is 3.40. The molecule has 21 heavy (non-hydrogen) atoms. The zero-order chi connectivity index (χ0) is 15.6. The molecule has 1 saturated heterocycles. The molecule has 0 aliphatic carbocycles. The van der Waals surface area contributed by atoms with E-state index in [2.05, 4.69) is 5.32 Å². The van der Waals surface area contributed by atoms with Gasteiger partial charge in [0.05, 0.1) is 9.99 Å². The standard InChI is InChI=1S/C13H13IN2O5/c14-8-2-1-7(5-10(8)17)13(21)16-4-3-15-12(20)9(16)6-11(18)19/h1-2,5,9,17H,3-4,6H2,(H,15,20)(H,18,19). The van der Waals surface area contributed by atoms with Crippen LogP contribution in [0, 0.1) is 3.57 Å². The van der Waals surface area contributed by atoms with E-state index >= 15 is 0 Å². The largest absolute Gasteiger partial charge is 0.507 e. The summed E-state index contributed by atoms with van der Waals surface area (Å²) in [5.74, 6) is -2.13. The second-order valence-corrected chi connectivity index (χ2v) is 5.73. The molecule has 112 valence electrons. The average Bonchev–Trinajstić information content (AvgIpc) is 2.43. The summed E-state index contributed by atoms with van der Waals surface area (Å²) in [6.45, 7) is 0.506. The highest BCUT2D eigenvalue weighted by molar-refractivity contribution is 14.1. The van der Waals surface area contributed by atoms with Crippen LogP contribution in [0.1, 0.15) is 16.8 Å². The van der Waals surface area contributed by atoms with Crippen molar-refractivity contribution in [2.75, 3.05) is 13.1 Å². The molecule has 0 bridgehead atoms. The maximum atomic E-state index is 12.4. The van der Waals surface area contributed by atoms with Gasteiger partial charge in [0.15, 0.2) is 0 Å². The molecule has 1 fully saturated rings. The van der Waals surface area contributed by atoms with E-state index < -0.39 is 30.2 Å². The highest BCUT2D eigenvalue weighted by Gasteiger charge is 2.35. The predicted octanol–water partition coefficient (Wildman–Crippen LogP) is 0.412. The number of carboxylic acid groups (broad SMARTS) is 1. The van der Waals surface area contributed by atoms with Crippen LogP contribution in [0.15, 0.2) is 18.2 Å². The number of hydrogen-bond donors (Lipinski definition) is 3. The Kier molecular flexibility index (Phi) is 4.66. The molecular formula is C13H13IN2O5. The molecule has 0 spiro atoms. The Hall–Kier alpha value is -1.84. The summed E-state index contributed by atoms with van der Waals surface area (Å²) < 4.78 is 0.600. The molecule has 8 heteroatoms. The molecule has 1 heterocycles. The summed E-state index contributed by atoms with van der Waals surface area (Å²) >= 11 is 1.93. The van der Waals surface area contributed by atoms with Gasteiger partial charge >= 0.3 is 5.97 Å². The lowest BCUT2D eigenvalue weighted by atomic mass is 10.1. The average molecular weight is 404 g/mol. The fourth-order valence-electron chi connectivity index (χ4n) is 2.14. The number of phenolic OH excluding ortho intramolecular Hbond substituents is 1. The number of nitrogens with zero attached hydrogens (tertiary/aromatic N) is 1. The van der Waals surface area contributed by atoms with Crippen molar-refractivity contribution in [2.45, 2.75) is 12.5 Å². The maximum absolute atomic E-state index is 12.4. The number of phenols is 1. The summed E-state index contributed by atoms with van der Waals surface area (Å²) in [7, 11) is 0. The number of carbonyl (C=O) groups is 3. The summed E-state index contributed by atoms with van der Waals surface area (Å²) in [6.07, 6.45) is -0.450. The molecule has 2 amide bonds. The third-order valence-corrected chi connectivity index (χ3v) is 4.06. The van der Waals surface area contributed by atoms with Gasteiger partial charge in [-0.25, -0.2) is 0 Å². The van der Waals surface area contributed by atoms with Crippen molar-refractivity contribution in [3.63, 3.8) is 0 Å². The molecule has 2 rings (SSSR count). The number of aromatic hydroxyl groups is 1. The number of nitrogens with one attached hydrogen (secondary N) is 1. The van der Waals surface area contributed by atoms with Gasteiger partial charge in [0, 0.05) is 18.7 Å². The fourth-order valence-corrected chi connectivity index (χ4v) is 2.47. The van der Waals surface area contributed by atoms with Crippen LogP contribution >= 0.6 is 22.6 Å². The zero-order valence-corrected chi connectivity index (χ0v) is 13.0. The van der Waals surface area contributed by atoms with Crippen LogP contribution in [0.4, 0.5) is 0 Å². The molecular weight excluding hydrogens is 391 g/mol. The van der Waals surface area contributed by atoms with E-state index in [9.17, 15) is 19.5 Å². The Bertz CT molecular complexity index is 604. The second kappa shape index (κ2) is 6.29. The minimum Gasteiger partial charge on any atom is -0.507 e. The first kappa shape index (κ1) is 15.5. The molecule has 1 atom stereocenters. The lowest BCUT2D eigenvalue weighted by Gasteiger charge is -2.34. The van der Waals surface area contributed by atoms with Gasteiger partial charge < -0.3 is 20.4 Å². The van der Waals surface area contributed by atoms with Crippen molar-refractivity contribution < 1.29 is 24.6 Å². The van der Waals surface area contributed by atoms with Crippen LogP contribution in [0.3, 0.4) is 0 Å². The minimum atomic E-state index is -1.15. The molecule has 1 aliphatic rings. The normalized spacial score (nSPS) is 18.2. The number of carboxylic acids is 1. The number of piperazine rings is 1. The number of carbonyl (C=O) groups excluding carboxylic acids is 2. The van der Waals surface area contributed by atoms with E-state index in [4.69, 9.17) is 5.11 Å². The topological polar surface area (TPSA) is 107 Å². The van der Waals surface area contributed by atoms with E-state index in [1.54, 1.807) is 6.07 Å². The number of halogens is 1. The Morgan fingerprint density at radius 1 is 1.43 bits per heavy atom. The van der Waals surface area contributed by atoms with E-state index in [1.165, 1.54) is 17.0 Å². The third kappa shape index (κ3) is 3.43. The number of amides is 2. The second-order valence-electron chi connectivity index (χ2n) is 4.57. The smallest absolute Gasteiger partial charge is 0.305 e. The Labute approximate surface area is 134 Å². The van der Waals surface area contributed by atoms with Crippen molar-refractivity contribution in [3.8, 4) is 5.75 Å². The fraction of sp³-hybridized carbons (Fsp3) is 0.308. The van der Waals surface area contributed by atoms with E-state index in [0.29, 0.717) is 3.57 Å². The third-order valence-electron chi connectivity index (χ3n) is 3.15. The highest BCUT2D eigenvalue weighted by atomic mass is 127. The van der Waals surface area contributed by atoms with Gasteiger partial charge in [0.1, 0.15) is 11.8 Å². The molecule has 0 aromatic heterocycles. The van der Waals surface area contributed by atoms with Crippen molar-refractivity contribution in [3.05, 3.63) is 27.3 Å². The number of rotatable bonds is 3. The van der Waals surface area contributed by atoms with Gasteiger partial charge in [-0.2, -0.15) is 0 Å². The van der Waals surface area contributed by atoms with Crippen LogP contribution in [0.5, 0.6) is 5.75 Å². The summed E-state index contributed by atoms with van der Waals surface area (Å²) in [4.78, 5) is 36.3. The van der Waals surface area contributed by atoms with E-state index in [1.807, 2.05) is 22.6 Å². The Balaban J connectivity index is 2.27. The summed E-state index contributed by atoms with van der Waals surface area (Å²) in [5.41, 5.74) is 0.220. The lowest BCUT2D eigenvalue weighted by Crippen LogP contribution is -2.57. The molecule has 1 unspecified atom stereocenters. The minimum absolute atomic E-state index is 0.0299. The van der Waals surface area contributed by atoms with Gasteiger partial charge in [0.2, 0.25) is 5.91 Å². The molecule has 7 nitrogen and oxygen atoms in total. The summed E-state index contributed by atoms with van der Waals surface area (Å²) in [5, 5.41) is 21.1. The van der Waals surface area contributed by atoms with Crippen LogP contribution in [-0.2, 0) is 9.59 Å². The first-order valence-corrected chi connectivity index (χ1v) is 7.27. The van der Waals surface area contributed by atoms with Crippen molar-refractivity contribution >= 4 is 40.4 Å². The van der Waals surface area contributed by atoms with Crippen LogP contribution in [-0.4, -0.2) is 52.0 Å². The quantitative estimate of drug-likeness (QED) is 0.633. The van der Waals surface area contributed by atoms with E-state index in [0.717, 1.165) is 0 Å². The SMILES string of the molecule is O=C(O)CC1C(=O)NCCN1C(=O)c1ccc(I)c(O)c1. The van der Waals surface area contributed by atoms with Gasteiger partial charge in [-0.15, -0.1) is 0 Å². The van der Waals surface area contributed by atoms with Gasteiger partial charge in [-0.1, -0.05) is 0 Å². The molecule has 0 saturated carbocycles. The van der Waals surface area contributed by atoms with Crippen molar-refractivity contribution in [1.29, 1.82) is 0 Å². The number of benzene rings is 1. The maximum Gasteiger partial charge on any atom is 0.305 e. The zero-order valence-electron chi connectivity index (χ0n) is 10.9. The molecule has 0 radical (unpaired) electrons. The van der Waals surface area contributed by atoms with Crippen molar-refractivity contribution in [2.24, 2.45) is 0 Å². The van der Waals surface area contributed by atoms with Crippen LogP contribution in [0.2, 0.25) is 0 Å². The first-order valence-electron chi connectivity index (χ1n) is 6.19. The van der Waals surface area contributed by atoms with Gasteiger partial charge in [0.25, 0.3) is 5.91 Å². The van der Waals surface area contributed by atoms with Crippen LogP contribution in [0.25, 0.3) is 0 Å². The monoisotopic (exact) mass is 404 g/mol. The number of hydrogen-bond acceptors (Lipinski definition) is 4. The molecule has 1 aliphatic heterocycles. The van der Waals surface area contributed by atoms with Gasteiger partial charge in [-0.3, -0.25) is 14.4 Å². The molecule has 1 aromatic carbocycles. The lowest BCUT2D eigenvalue weighted by molar-refractivity contribution is -0.142. The van der Waals surface area contributed by atoms with Crippen molar-refractivity contribution in [1.82, 2.24) is 10.2 Å². The van der Waals surface area contributed by atoms with Crippen LogP contribution < -0.4 is 5.32 Å². The highest BCUT2D eigenvalue weighted by Crippen LogP contribution is 2.22. The Morgan fingerprint density at radius 2 is 2.14 bits per heavy atom. The first-order chi connectivity index (χ1) is 9.90. The Morgan fingerprint density at radius 3 is 2.76 bits per heavy atom. The van der Waals surface area contributed by atoms with E-state index in [-0.39, 0.29) is 24.4 Å². The molecule has 1 aromatic rings. The predicted molar refractivity (Wildman–Crippen MR) is 80.9 cm³/mol. The number of aliphatic carboxylic acids is 1. The van der Waals surface area contributed by atoms with Gasteiger partial charge in [-0.05, 0) is 40.8 Å².